The van der Waals surface area contributed by atoms with Crippen LogP contribution in [0.3, 0.4) is 0 Å². The number of rotatable bonds is 3. The number of nitrogens with two attached hydrogens (primary N) is 1. The first-order valence-electron chi connectivity index (χ1n) is 8.56. The van der Waals surface area contributed by atoms with Crippen LogP contribution < -0.4 is 5.73 Å². The maximum Gasteiger partial charge on any atom is 0.191 e. The highest BCUT2D eigenvalue weighted by Gasteiger charge is 2.16. The van der Waals surface area contributed by atoms with E-state index < -0.39 is 0 Å². The summed E-state index contributed by atoms with van der Waals surface area (Å²) in [7, 11) is 0. The van der Waals surface area contributed by atoms with Crippen LogP contribution in [0.5, 0.6) is 0 Å². The Hall–Kier alpha value is -1.64. The van der Waals surface area contributed by atoms with Gasteiger partial charge in [-0.1, -0.05) is 13.0 Å². The number of guanidine groups is 1. The van der Waals surface area contributed by atoms with E-state index >= 15 is 0 Å². The fraction of sp³-hybridized carbons (Fsp3) is 0.500. The minimum atomic E-state index is 0. The van der Waals surface area contributed by atoms with Crippen LogP contribution in [0.15, 0.2) is 29.4 Å². The van der Waals surface area contributed by atoms with E-state index in [1.807, 2.05) is 42.9 Å². The first kappa shape index (κ1) is 19.7. The van der Waals surface area contributed by atoms with Crippen molar-refractivity contribution in [1.29, 1.82) is 0 Å². The highest BCUT2D eigenvalue weighted by molar-refractivity contribution is 14.0. The van der Waals surface area contributed by atoms with Gasteiger partial charge < -0.3 is 10.6 Å². The number of aliphatic imine (C=N–C) groups is 1. The van der Waals surface area contributed by atoms with Crippen molar-refractivity contribution < 1.29 is 0 Å². The van der Waals surface area contributed by atoms with Crippen LogP contribution in [0, 0.1) is 19.8 Å². The number of aromatic nitrogens is 3. The molecule has 0 bridgehead atoms. The van der Waals surface area contributed by atoms with Crippen LogP contribution in [0.4, 0.5) is 0 Å². The highest BCUT2D eigenvalue weighted by Crippen LogP contribution is 2.16. The molecule has 1 aliphatic rings. The molecule has 3 rings (SSSR count). The molecule has 2 aromatic rings. The molecule has 136 valence electrons. The fourth-order valence-corrected chi connectivity index (χ4v) is 3.01. The lowest BCUT2D eigenvalue weighted by Gasteiger charge is -2.31. The molecule has 25 heavy (non-hydrogen) atoms. The van der Waals surface area contributed by atoms with E-state index in [0.29, 0.717) is 12.5 Å². The molecule has 0 amide bonds. The molecule has 3 heterocycles. The Morgan fingerprint density at radius 1 is 1.28 bits per heavy atom. The van der Waals surface area contributed by atoms with Crippen molar-refractivity contribution >= 4 is 29.9 Å². The summed E-state index contributed by atoms with van der Waals surface area (Å²) in [5.74, 6) is 2.26. The van der Waals surface area contributed by atoms with E-state index in [4.69, 9.17) is 5.73 Å². The minimum Gasteiger partial charge on any atom is -0.370 e. The van der Waals surface area contributed by atoms with E-state index in [2.05, 4.69) is 26.9 Å². The zero-order chi connectivity index (χ0) is 17.1. The van der Waals surface area contributed by atoms with Crippen molar-refractivity contribution in [3.05, 3.63) is 41.3 Å². The van der Waals surface area contributed by atoms with E-state index in [0.717, 1.165) is 41.8 Å². The summed E-state index contributed by atoms with van der Waals surface area (Å²) < 4.78 is 1.85. The van der Waals surface area contributed by atoms with Crippen molar-refractivity contribution in [2.24, 2.45) is 16.6 Å². The molecule has 0 unspecified atom stereocenters. The van der Waals surface area contributed by atoms with Crippen LogP contribution >= 0.6 is 24.0 Å². The summed E-state index contributed by atoms with van der Waals surface area (Å²) in [6, 6.07) is 6.05. The Morgan fingerprint density at radius 2 is 2.00 bits per heavy atom. The lowest BCUT2D eigenvalue weighted by Crippen LogP contribution is -2.42. The monoisotopic (exact) mass is 454 g/mol. The van der Waals surface area contributed by atoms with Crippen molar-refractivity contribution in [2.75, 3.05) is 13.1 Å². The molecule has 0 aromatic carbocycles. The molecule has 1 aliphatic heterocycles. The number of halogens is 1. The summed E-state index contributed by atoms with van der Waals surface area (Å²) in [4.78, 5) is 11.2. The predicted octanol–water partition coefficient (Wildman–Crippen LogP) is 3.05. The summed E-state index contributed by atoms with van der Waals surface area (Å²) in [6.45, 7) is 8.87. The Morgan fingerprint density at radius 3 is 2.56 bits per heavy atom. The van der Waals surface area contributed by atoms with Gasteiger partial charge in [0.05, 0.1) is 12.2 Å². The van der Waals surface area contributed by atoms with E-state index in [9.17, 15) is 0 Å². The predicted molar refractivity (Wildman–Crippen MR) is 112 cm³/mol. The molecule has 1 fully saturated rings. The number of nitrogens with zero attached hydrogens (tertiary/aromatic N) is 5. The van der Waals surface area contributed by atoms with E-state index in [1.54, 1.807) is 0 Å². The van der Waals surface area contributed by atoms with Gasteiger partial charge in [0, 0.05) is 25.0 Å². The summed E-state index contributed by atoms with van der Waals surface area (Å²) in [6.07, 6.45) is 4.23. The van der Waals surface area contributed by atoms with Crippen LogP contribution in [0.2, 0.25) is 0 Å². The molecule has 2 aromatic heterocycles. The topological polar surface area (TPSA) is 72.3 Å². The maximum absolute atomic E-state index is 6.13. The van der Waals surface area contributed by atoms with Crippen molar-refractivity contribution in [1.82, 2.24) is 19.7 Å². The summed E-state index contributed by atoms with van der Waals surface area (Å²) >= 11 is 0. The summed E-state index contributed by atoms with van der Waals surface area (Å²) in [5, 5.41) is 4.45. The van der Waals surface area contributed by atoms with Gasteiger partial charge in [0.25, 0.3) is 0 Å². The number of pyridine rings is 1. The second-order valence-corrected chi connectivity index (χ2v) is 6.71. The van der Waals surface area contributed by atoms with Crippen LogP contribution in [0.1, 0.15) is 36.7 Å². The second kappa shape index (κ2) is 8.64. The van der Waals surface area contributed by atoms with Crippen LogP contribution in [-0.4, -0.2) is 38.7 Å². The van der Waals surface area contributed by atoms with E-state index in [1.165, 1.54) is 12.8 Å². The Labute approximate surface area is 166 Å². The molecule has 0 spiro atoms. The van der Waals surface area contributed by atoms with Crippen molar-refractivity contribution in [3.63, 3.8) is 0 Å². The lowest BCUT2D eigenvalue weighted by atomic mass is 10.00. The quantitative estimate of drug-likeness (QED) is 0.440. The maximum atomic E-state index is 6.13. The number of hydrogen-bond donors (Lipinski definition) is 1. The average Bonchev–Trinajstić information content (AvgIpc) is 2.92. The first-order valence-corrected chi connectivity index (χ1v) is 8.56. The fourth-order valence-electron chi connectivity index (χ4n) is 3.01. The van der Waals surface area contributed by atoms with Gasteiger partial charge in [-0.25, -0.2) is 14.7 Å². The van der Waals surface area contributed by atoms with Gasteiger partial charge in [0.2, 0.25) is 0 Å². The molecular formula is C18H27IN6. The number of hydrogen-bond acceptors (Lipinski definition) is 3. The second-order valence-electron chi connectivity index (χ2n) is 6.71. The molecule has 0 atom stereocenters. The standard InChI is InChI=1S/C18H26N6.HI/c1-13-6-8-23(9-7-13)18(19)21-12-16-4-5-17(20-11-16)24-15(3)10-14(2)22-24;/h4-5,10-11,13H,6-9,12H2,1-3H3,(H2,19,21);1H. The Balaban J connectivity index is 0.00000225. The largest absolute Gasteiger partial charge is 0.370 e. The van der Waals surface area contributed by atoms with Crippen molar-refractivity contribution in [3.8, 4) is 5.82 Å². The zero-order valence-electron chi connectivity index (χ0n) is 15.1. The van der Waals surface area contributed by atoms with Gasteiger partial charge in [0.1, 0.15) is 0 Å². The molecular weight excluding hydrogens is 427 g/mol. The zero-order valence-corrected chi connectivity index (χ0v) is 17.5. The van der Waals surface area contributed by atoms with Gasteiger partial charge in [0.15, 0.2) is 11.8 Å². The smallest absolute Gasteiger partial charge is 0.191 e. The third kappa shape index (κ3) is 4.93. The van der Waals surface area contributed by atoms with Gasteiger partial charge in [-0.3, -0.25) is 0 Å². The van der Waals surface area contributed by atoms with Gasteiger partial charge in [-0.2, -0.15) is 5.10 Å². The van der Waals surface area contributed by atoms with Crippen LogP contribution in [-0.2, 0) is 6.54 Å². The molecule has 0 saturated carbocycles. The average molecular weight is 454 g/mol. The molecule has 6 nitrogen and oxygen atoms in total. The number of piperidine rings is 1. The molecule has 1 saturated heterocycles. The first-order chi connectivity index (χ1) is 11.5. The van der Waals surface area contributed by atoms with Crippen LogP contribution in [0.25, 0.3) is 5.82 Å². The SMILES string of the molecule is Cc1cc(C)n(-c2ccc(CN=C(N)N3CCC(C)CC3)cn2)n1.I. The molecule has 0 radical (unpaired) electrons. The third-order valence-electron chi connectivity index (χ3n) is 4.57. The van der Waals surface area contributed by atoms with Gasteiger partial charge in [-0.05, 0) is 50.3 Å². The lowest BCUT2D eigenvalue weighted by molar-refractivity contribution is 0.277. The van der Waals surface area contributed by atoms with Gasteiger partial charge in [-0.15, -0.1) is 24.0 Å². The molecule has 2 N–H and O–H groups in total. The summed E-state index contributed by atoms with van der Waals surface area (Å²) in [5.41, 5.74) is 9.25. The van der Waals surface area contributed by atoms with Crippen molar-refractivity contribution in [2.45, 2.75) is 40.2 Å². The molecule has 7 heteroatoms. The van der Waals surface area contributed by atoms with E-state index in [-0.39, 0.29) is 24.0 Å². The third-order valence-corrected chi connectivity index (χ3v) is 4.57. The number of likely N-dealkylation sites (tertiary alicyclic amines) is 1. The highest BCUT2D eigenvalue weighted by atomic mass is 127. The molecule has 0 aliphatic carbocycles. The Kier molecular flexibility index (Phi) is 6.80. The van der Waals surface area contributed by atoms with Gasteiger partial charge >= 0.3 is 0 Å². The number of aryl methyl sites for hydroxylation is 2. The normalized spacial score (nSPS) is 16.0. The minimum absolute atomic E-state index is 0. The Bertz CT molecular complexity index is 714.